The highest BCUT2D eigenvalue weighted by Crippen LogP contribution is 2.25. The number of nitrogens with one attached hydrogen (secondary N) is 1. The Morgan fingerprint density at radius 3 is 2.43 bits per heavy atom. The Labute approximate surface area is 179 Å². The van der Waals surface area contributed by atoms with Crippen LogP contribution in [-0.4, -0.2) is 32.2 Å². The first-order chi connectivity index (χ1) is 14.4. The number of carbonyl (C=O) groups is 1. The number of hydrazone groups is 1. The summed E-state index contributed by atoms with van der Waals surface area (Å²) in [5.74, 6) is -0.663. The van der Waals surface area contributed by atoms with E-state index < -0.39 is 22.5 Å². The number of rotatable bonds is 7. The Morgan fingerprint density at radius 1 is 1.03 bits per heavy atom. The van der Waals surface area contributed by atoms with Gasteiger partial charge in [-0.2, -0.15) is 5.10 Å². The number of anilines is 1. The first-order valence-corrected chi connectivity index (χ1v) is 10.6. The largest absolute Gasteiger partial charge is 0.507 e. The number of sulfonamides is 1. The fourth-order valence-electron chi connectivity index (χ4n) is 2.60. The number of hydrogen-bond donors (Lipinski definition) is 2. The molecule has 0 radical (unpaired) electrons. The van der Waals surface area contributed by atoms with Crippen molar-refractivity contribution in [1.82, 2.24) is 5.43 Å². The highest BCUT2D eigenvalue weighted by Gasteiger charge is 2.27. The van der Waals surface area contributed by atoms with Gasteiger partial charge in [0.15, 0.2) is 0 Å². The van der Waals surface area contributed by atoms with Gasteiger partial charge in [-0.05, 0) is 42.5 Å². The van der Waals surface area contributed by atoms with Gasteiger partial charge in [0.05, 0.1) is 16.8 Å². The number of aromatic hydroxyl groups is 1. The number of nitrogens with zero attached hydrogens (tertiary/aromatic N) is 2. The molecule has 3 rings (SSSR count). The molecule has 1 amide bonds. The molecule has 154 valence electrons. The van der Waals surface area contributed by atoms with Crippen LogP contribution in [0.4, 0.5) is 5.69 Å². The Morgan fingerprint density at radius 2 is 1.73 bits per heavy atom. The summed E-state index contributed by atoms with van der Waals surface area (Å²) < 4.78 is 27.3. The topological polar surface area (TPSA) is 99.1 Å². The summed E-state index contributed by atoms with van der Waals surface area (Å²) in [6.45, 7) is -0.518. The van der Waals surface area contributed by atoms with Crippen molar-refractivity contribution in [2.45, 2.75) is 4.90 Å². The minimum absolute atomic E-state index is 0.00251. The quantitative estimate of drug-likeness (QED) is 0.432. The van der Waals surface area contributed by atoms with Crippen LogP contribution in [0, 0.1) is 0 Å². The maximum atomic E-state index is 13.2. The van der Waals surface area contributed by atoms with E-state index in [1.165, 1.54) is 30.5 Å². The van der Waals surface area contributed by atoms with Crippen molar-refractivity contribution >= 4 is 39.4 Å². The van der Waals surface area contributed by atoms with Crippen molar-refractivity contribution < 1.29 is 18.3 Å². The van der Waals surface area contributed by atoms with E-state index in [9.17, 15) is 18.3 Å². The smallest absolute Gasteiger partial charge is 0.264 e. The average Bonchev–Trinajstić information content (AvgIpc) is 2.74. The highest BCUT2D eigenvalue weighted by molar-refractivity contribution is 7.92. The second-order valence-electron chi connectivity index (χ2n) is 6.16. The summed E-state index contributed by atoms with van der Waals surface area (Å²) in [6.07, 6.45) is 1.27. The number of hydrogen-bond acceptors (Lipinski definition) is 5. The molecule has 3 aromatic carbocycles. The molecule has 0 atom stereocenters. The Kier molecular flexibility index (Phi) is 6.71. The monoisotopic (exact) mass is 443 g/mol. The summed E-state index contributed by atoms with van der Waals surface area (Å²) in [4.78, 5) is 12.5. The van der Waals surface area contributed by atoms with Gasteiger partial charge in [-0.1, -0.05) is 48.0 Å². The third-order valence-electron chi connectivity index (χ3n) is 4.04. The number of halogens is 1. The maximum Gasteiger partial charge on any atom is 0.264 e. The van der Waals surface area contributed by atoms with Crippen LogP contribution in [0.1, 0.15) is 5.56 Å². The molecule has 0 heterocycles. The molecule has 0 fully saturated rings. The van der Waals surface area contributed by atoms with Crippen LogP contribution in [0.25, 0.3) is 0 Å². The van der Waals surface area contributed by atoms with Crippen molar-refractivity contribution in [3.63, 3.8) is 0 Å². The maximum absolute atomic E-state index is 13.2. The van der Waals surface area contributed by atoms with Crippen LogP contribution in [0.2, 0.25) is 5.02 Å². The normalized spacial score (nSPS) is 11.4. The fourth-order valence-corrected chi connectivity index (χ4v) is 4.22. The minimum atomic E-state index is -4.03. The summed E-state index contributed by atoms with van der Waals surface area (Å²) in [5, 5.41) is 13.8. The molecular formula is C21H18ClN3O4S. The third kappa shape index (κ3) is 5.16. The molecule has 3 aromatic rings. The van der Waals surface area contributed by atoms with E-state index >= 15 is 0 Å². The number of amides is 1. The molecule has 0 unspecified atom stereocenters. The van der Waals surface area contributed by atoms with E-state index in [1.54, 1.807) is 54.6 Å². The minimum Gasteiger partial charge on any atom is -0.507 e. The molecule has 0 aliphatic carbocycles. The van der Waals surface area contributed by atoms with Crippen LogP contribution in [0.15, 0.2) is 88.9 Å². The molecule has 0 aliphatic heterocycles. The zero-order valence-electron chi connectivity index (χ0n) is 15.6. The van der Waals surface area contributed by atoms with Crippen molar-refractivity contribution in [3.8, 4) is 5.75 Å². The Bertz CT molecular complexity index is 1170. The van der Waals surface area contributed by atoms with Gasteiger partial charge in [-0.3, -0.25) is 9.10 Å². The molecule has 0 spiro atoms. The van der Waals surface area contributed by atoms with Crippen molar-refractivity contribution in [2.75, 3.05) is 10.8 Å². The molecule has 0 bridgehead atoms. The number of phenols is 1. The summed E-state index contributed by atoms with van der Waals surface area (Å²) in [7, 11) is -4.03. The van der Waals surface area contributed by atoms with Crippen molar-refractivity contribution in [3.05, 3.63) is 89.4 Å². The molecule has 9 heteroatoms. The van der Waals surface area contributed by atoms with Gasteiger partial charge in [-0.25, -0.2) is 13.8 Å². The number of para-hydroxylation sites is 1. The molecule has 7 nitrogen and oxygen atoms in total. The lowest BCUT2D eigenvalue weighted by Crippen LogP contribution is -2.39. The van der Waals surface area contributed by atoms with Gasteiger partial charge in [0.1, 0.15) is 12.3 Å². The second kappa shape index (κ2) is 9.43. The van der Waals surface area contributed by atoms with Gasteiger partial charge in [-0.15, -0.1) is 0 Å². The molecule has 30 heavy (non-hydrogen) atoms. The van der Waals surface area contributed by atoms with E-state index in [0.717, 1.165) is 4.31 Å². The number of carbonyl (C=O) groups excluding carboxylic acids is 1. The zero-order chi connectivity index (χ0) is 21.6. The number of phenolic OH excluding ortho intramolecular Hbond substituents is 1. The standard InChI is InChI=1S/C21H18ClN3O4S/c22-17-8-6-9-18(13-17)25(30(28,29)19-10-2-1-3-11-19)15-21(27)24-23-14-16-7-4-5-12-20(16)26/h1-14,26H,15H2,(H,24,27). The predicted octanol–water partition coefficient (Wildman–Crippen LogP) is 3.39. The summed E-state index contributed by atoms with van der Waals surface area (Å²) in [5.41, 5.74) is 2.92. The first-order valence-electron chi connectivity index (χ1n) is 8.81. The predicted molar refractivity (Wildman–Crippen MR) is 116 cm³/mol. The van der Waals surface area contributed by atoms with E-state index in [1.807, 2.05) is 0 Å². The Balaban J connectivity index is 1.84. The molecular weight excluding hydrogens is 426 g/mol. The van der Waals surface area contributed by atoms with Gasteiger partial charge >= 0.3 is 0 Å². The Hall–Kier alpha value is -3.36. The third-order valence-corrected chi connectivity index (χ3v) is 6.07. The second-order valence-corrected chi connectivity index (χ2v) is 8.46. The molecule has 0 aromatic heterocycles. The average molecular weight is 444 g/mol. The van der Waals surface area contributed by atoms with Crippen LogP contribution < -0.4 is 9.73 Å². The first kappa shape index (κ1) is 21.4. The van der Waals surface area contributed by atoms with E-state index in [0.29, 0.717) is 10.6 Å². The lowest BCUT2D eigenvalue weighted by atomic mass is 10.2. The lowest BCUT2D eigenvalue weighted by Gasteiger charge is -2.23. The van der Waals surface area contributed by atoms with Gasteiger partial charge in [0.2, 0.25) is 0 Å². The fraction of sp³-hybridized carbons (Fsp3) is 0.0476. The summed E-state index contributed by atoms with van der Waals surface area (Å²) >= 11 is 6.02. The van der Waals surface area contributed by atoms with Gasteiger partial charge < -0.3 is 5.11 Å². The van der Waals surface area contributed by atoms with Crippen LogP contribution >= 0.6 is 11.6 Å². The van der Waals surface area contributed by atoms with E-state index in [4.69, 9.17) is 11.6 Å². The number of benzene rings is 3. The lowest BCUT2D eigenvalue weighted by molar-refractivity contribution is -0.119. The summed E-state index contributed by atoms with van der Waals surface area (Å²) in [6, 6.07) is 20.4. The van der Waals surface area contributed by atoms with Gasteiger partial charge in [0, 0.05) is 10.6 Å². The van der Waals surface area contributed by atoms with Crippen LogP contribution in [0.3, 0.4) is 0 Å². The van der Waals surface area contributed by atoms with Crippen molar-refractivity contribution in [1.29, 1.82) is 0 Å². The van der Waals surface area contributed by atoms with Crippen LogP contribution in [0.5, 0.6) is 5.75 Å². The molecule has 0 saturated carbocycles. The van der Waals surface area contributed by atoms with E-state index in [-0.39, 0.29) is 16.3 Å². The van der Waals surface area contributed by atoms with Gasteiger partial charge in [0.25, 0.3) is 15.9 Å². The van der Waals surface area contributed by atoms with E-state index in [2.05, 4.69) is 10.5 Å². The zero-order valence-corrected chi connectivity index (χ0v) is 17.2. The molecule has 0 aliphatic rings. The van der Waals surface area contributed by atoms with Crippen LogP contribution in [-0.2, 0) is 14.8 Å². The SMILES string of the molecule is O=C(CN(c1cccc(Cl)c1)S(=O)(=O)c1ccccc1)NN=Cc1ccccc1O. The van der Waals surface area contributed by atoms with Crippen molar-refractivity contribution in [2.24, 2.45) is 5.10 Å². The highest BCUT2D eigenvalue weighted by atomic mass is 35.5. The molecule has 2 N–H and O–H groups in total. The molecule has 0 saturated heterocycles.